The van der Waals surface area contributed by atoms with Crippen LogP contribution in [0, 0.1) is 13.8 Å². The molecule has 3 aromatic carbocycles. The van der Waals surface area contributed by atoms with Gasteiger partial charge in [-0.1, -0.05) is 60.7 Å². The monoisotopic (exact) mass is 356 g/mol. The van der Waals surface area contributed by atoms with Gasteiger partial charge in [0, 0.05) is 11.1 Å². The van der Waals surface area contributed by atoms with Crippen molar-refractivity contribution in [2.45, 2.75) is 20.0 Å². The van der Waals surface area contributed by atoms with Crippen LogP contribution in [0.3, 0.4) is 0 Å². The second-order valence-corrected chi connectivity index (χ2v) is 6.78. The Morgan fingerprint density at radius 3 is 2.04 bits per heavy atom. The molecule has 2 atom stereocenters. The van der Waals surface area contributed by atoms with Gasteiger partial charge in [0.25, 0.3) is 0 Å². The van der Waals surface area contributed by atoms with E-state index in [1.54, 1.807) is 0 Å². The average Bonchev–Trinajstić information content (AvgIpc) is 2.61. The molecule has 0 N–H and O–H groups in total. The Kier molecular flexibility index (Phi) is 7.24. The number of ether oxygens (including phenoxy) is 1. The van der Waals surface area contributed by atoms with Crippen molar-refractivity contribution in [3.8, 4) is 5.75 Å². The number of ketones is 1. The van der Waals surface area contributed by atoms with Crippen LogP contribution < -0.4 is 28.9 Å². The normalized spacial score (nSPS) is 11.3. The van der Waals surface area contributed by atoms with Crippen molar-refractivity contribution in [2.75, 3.05) is 0 Å². The molecular weight excluding hydrogens is 334 g/mol. The molecule has 0 radical (unpaired) electrons. The maximum atomic E-state index is 13.3. The maximum absolute atomic E-state index is 13.3. The SMILES string of the molecule is Cc1cccc(C)c1C(=O)C(Oc1ccc(P)cc1)c1ccccc1.[H-].[Li+]. The molecule has 0 aliphatic heterocycles. The summed E-state index contributed by atoms with van der Waals surface area (Å²) in [5.41, 5.74) is 3.52. The Hall–Kier alpha value is -1.84. The van der Waals surface area contributed by atoms with Crippen LogP contribution in [-0.2, 0) is 0 Å². The molecule has 0 saturated carbocycles. The summed E-state index contributed by atoms with van der Waals surface area (Å²) in [6.07, 6.45) is -0.670. The van der Waals surface area contributed by atoms with Crippen LogP contribution in [0.4, 0.5) is 0 Å². The molecule has 0 aliphatic rings. The van der Waals surface area contributed by atoms with E-state index in [9.17, 15) is 4.79 Å². The Balaban J connectivity index is 0.00000182. The molecule has 26 heavy (non-hydrogen) atoms. The zero-order chi connectivity index (χ0) is 17.8. The van der Waals surface area contributed by atoms with Gasteiger partial charge in [0.05, 0.1) is 0 Å². The van der Waals surface area contributed by atoms with Crippen molar-refractivity contribution >= 4 is 20.3 Å². The molecule has 2 unspecified atom stereocenters. The number of Topliss-reactive ketones (excluding diaryl/α,β-unsaturated/α-hetero) is 1. The summed E-state index contributed by atoms with van der Waals surface area (Å²) in [5.74, 6) is 0.663. The van der Waals surface area contributed by atoms with Gasteiger partial charge in [0.15, 0.2) is 6.10 Å². The summed E-state index contributed by atoms with van der Waals surface area (Å²) >= 11 is 0. The second kappa shape index (κ2) is 9.20. The Labute approximate surface area is 170 Å². The van der Waals surface area contributed by atoms with Crippen molar-refractivity contribution in [3.05, 3.63) is 95.1 Å². The van der Waals surface area contributed by atoms with Crippen molar-refractivity contribution in [2.24, 2.45) is 0 Å². The number of hydrogen-bond acceptors (Lipinski definition) is 2. The Morgan fingerprint density at radius 1 is 0.885 bits per heavy atom. The van der Waals surface area contributed by atoms with Gasteiger partial charge >= 0.3 is 18.9 Å². The van der Waals surface area contributed by atoms with Gasteiger partial charge in [-0.25, -0.2) is 0 Å². The van der Waals surface area contributed by atoms with Gasteiger partial charge < -0.3 is 6.16 Å². The molecule has 0 spiro atoms. The van der Waals surface area contributed by atoms with Crippen molar-refractivity contribution < 1.29 is 29.8 Å². The summed E-state index contributed by atoms with van der Waals surface area (Å²) in [5, 5.41) is 1.07. The molecule has 0 aliphatic carbocycles. The van der Waals surface area contributed by atoms with Crippen molar-refractivity contribution in [1.29, 1.82) is 0 Å². The van der Waals surface area contributed by atoms with E-state index in [-0.39, 0.29) is 26.1 Å². The summed E-state index contributed by atoms with van der Waals surface area (Å²) in [7, 11) is 2.65. The topological polar surface area (TPSA) is 26.3 Å². The predicted molar refractivity (Wildman–Crippen MR) is 107 cm³/mol. The molecule has 0 saturated heterocycles. The van der Waals surface area contributed by atoms with E-state index < -0.39 is 6.10 Å². The van der Waals surface area contributed by atoms with E-state index in [0.29, 0.717) is 5.75 Å². The fourth-order valence-electron chi connectivity index (χ4n) is 2.92. The molecular formula is C22H22LiO2P. The minimum Gasteiger partial charge on any atom is -1.00 e. The number of carbonyl (C=O) groups excluding carboxylic acids is 1. The van der Waals surface area contributed by atoms with Gasteiger partial charge in [0.2, 0.25) is 5.78 Å². The number of hydrogen-bond donors (Lipinski definition) is 0. The zero-order valence-electron chi connectivity index (χ0n) is 16.4. The van der Waals surface area contributed by atoms with Crippen LogP contribution in [0.25, 0.3) is 0 Å². The third-order valence-corrected chi connectivity index (χ3v) is 4.59. The molecule has 128 valence electrons. The fourth-order valence-corrected chi connectivity index (χ4v) is 3.11. The summed E-state index contributed by atoms with van der Waals surface area (Å²) < 4.78 is 6.12. The first-order chi connectivity index (χ1) is 12.1. The van der Waals surface area contributed by atoms with Crippen LogP contribution >= 0.6 is 9.24 Å². The molecule has 4 heteroatoms. The average molecular weight is 356 g/mol. The predicted octanol–water partition coefficient (Wildman–Crippen LogP) is 1.92. The Morgan fingerprint density at radius 2 is 1.46 bits per heavy atom. The molecule has 3 rings (SSSR count). The first kappa shape index (κ1) is 20.5. The second-order valence-electron chi connectivity index (χ2n) is 6.11. The van der Waals surface area contributed by atoms with Gasteiger partial charge in [0.1, 0.15) is 5.75 Å². The minimum absolute atomic E-state index is 0. The number of carbonyl (C=O) groups is 1. The molecule has 3 aromatic rings. The summed E-state index contributed by atoms with van der Waals surface area (Å²) in [6, 6.07) is 23.2. The van der Waals surface area contributed by atoms with Gasteiger partial charge in [-0.05, 0) is 42.4 Å². The van der Waals surface area contributed by atoms with Crippen LogP contribution in [0.15, 0.2) is 72.8 Å². The van der Waals surface area contributed by atoms with Crippen LogP contribution in [0.1, 0.15) is 34.6 Å². The minimum atomic E-state index is -0.670. The van der Waals surface area contributed by atoms with Gasteiger partial charge in [-0.15, -0.1) is 9.24 Å². The molecule has 0 amide bonds. The number of rotatable bonds is 5. The number of aryl methyl sites for hydroxylation is 2. The smallest absolute Gasteiger partial charge is 1.00 e. The van der Waals surface area contributed by atoms with Crippen molar-refractivity contribution in [1.82, 2.24) is 0 Å². The first-order valence-electron chi connectivity index (χ1n) is 8.24. The van der Waals surface area contributed by atoms with Crippen LogP contribution in [0.5, 0.6) is 5.75 Å². The molecule has 2 nitrogen and oxygen atoms in total. The van der Waals surface area contributed by atoms with Crippen molar-refractivity contribution in [3.63, 3.8) is 0 Å². The standard InChI is InChI=1S/C22H21O2P.Li.H/c1-15-7-6-8-16(2)20(15)21(23)22(17-9-4-3-5-10-17)24-18-11-13-19(25)14-12-18;;/h3-14,22H,25H2,1-2H3;;/q;+1;-1. The van der Waals surface area contributed by atoms with Gasteiger partial charge in [-0.3, -0.25) is 4.79 Å². The number of benzene rings is 3. The largest absolute Gasteiger partial charge is 1.00 e. The Bertz CT molecular complexity index is 862. The van der Waals surface area contributed by atoms with E-state index in [4.69, 9.17) is 4.74 Å². The fraction of sp³-hybridized carbons (Fsp3) is 0.136. The first-order valence-corrected chi connectivity index (χ1v) is 8.81. The molecule has 0 fully saturated rings. The third kappa shape index (κ3) is 4.66. The van der Waals surface area contributed by atoms with E-state index >= 15 is 0 Å². The zero-order valence-corrected chi connectivity index (χ0v) is 16.6. The quantitative estimate of drug-likeness (QED) is 0.397. The van der Waals surface area contributed by atoms with E-state index in [2.05, 4.69) is 9.24 Å². The molecule has 0 aromatic heterocycles. The van der Waals surface area contributed by atoms with Crippen LogP contribution in [0.2, 0.25) is 0 Å². The van der Waals surface area contributed by atoms with Gasteiger partial charge in [-0.2, -0.15) is 0 Å². The third-order valence-electron chi connectivity index (χ3n) is 4.20. The maximum Gasteiger partial charge on any atom is 1.00 e. The summed E-state index contributed by atoms with van der Waals surface area (Å²) in [4.78, 5) is 13.3. The van der Waals surface area contributed by atoms with E-state index in [1.807, 2.05) is 86.6 Å². The molecule has 0 heterocycles. The van der Waals surface area contributed by atoms with E-state index in [1.165, 1.54) is 0 Å². The summed E-state index contributed by atoms with van der Waals surface area (Å²) in [6.45, 7) is 3.93. The molecule has 0 bridgehead atoms. The van der Waals surface area contributed by atoms with E-state index in [0.717, 1.165) is 27.6 Å². The van der Waals surface area contributed by atoms with Crippen LogP contribution in [-0.4, -0.2) is 5.78 Å².